The van der Waals surface area contributed by atoms with Crippen molar-refractivity contribution in [3.63, 3.8) is 0 Å². The van der Waals surface area contributed by atoms with Crippen molar-refractivity contribution in [3.05, 3.63) is 64.2 Å². The molecule has 1 amide bonds. The van der Waals surface area contributed by atoms with E-state index in [1.165, 1.54) is 14.1 Å². The summed E-state index contributed by atoms with van der Waals surface area (Å²) in [6, 6.07) is 12.0. The second-order valence-electron chi connectivity index (χ2n) is 6.37. The minimum absolute atomic E-state index is 0.0401. The fraction of sp³-hybridized carbons (Fsp3) is 0.278. The average molecular weight is 394 g/mol. The maximum atomic E-state index is 12.5. The van der Waals surface area contributed by atoms with E-state index < -0.39 is 10.2 Å². The van der Waals surface area contributed by atoms with Crippen LogP contribution in [0.3, 0.4) is 0 Å². The molecule has 0 bridgehead atoms. The van der Waals surface area contributed by atoms with Crippen molar-refractivity contribution in [1.82, 2.24) is 9.62 Å². The van der Waals surface area contributed by atoms with Gasteiger partial charge in [-0.3, -0.25) is 9.52 Å². The second-order valence-corrected chi connectivity index (χ2v) is 8.70. The smallest absolute Gasteiger partial charge is 0.301 e. The van der Waals surface area contributed by atoms with Gasteiger partial charge in [-0.1, -0.05) is 17.7 Å². The number of benzene rings is 2. The highest BCUT2D eigenvalue weighted by Crippen LogP contribution is 2.33. The molecular weight excluding hydrogens is 374 g/mol. The Morgan fingerprint density at radius 2 is 1.85 bits per heavy atom. The van der Waals surface area contributed by atoms with Gasteiger partial charge in [-0.25, -0.2) is 0 Å². The molecule has 26 heavy (non-hydrogen) atoms. The Morgan fingerprint density at radius 1 is 1.15 bits per heavy atom. The highest BCUT2D eigenvalue weighted by molar-refractivity contribution is 7.90. The quantitative estimate of drug-likeness (QED) is 0.819. The summed E-state index contributed by atoms with van der Waals surface area (Å²) in [5, 5.41) is 3.73. The maximum Gasteiger partial charge on any atom is 0.301 e. The lowest BCUT2D eigenvalue weighted by Crippen LogP contribution is -2.29. The second kappa shape index (κ2) is 7.26. The Labute approximate surface area is 158 Å². The van der Waals surface area contributed by atoms with Crippen LogP contribution in [-0.2, 0) is 16.6 Å². The van der Waals surface area contributed by atoms with Gasteiger partial charge in [-0.05, 0) is 60.4 Å². The summed E-state index contributed by atoms with van der Waals surface area (Å²) in [6.07, 6.45) is 1.72. The van der Waals surface area contributed by atoms with Crippen molar-refractivity contribution in [3.8, 4) is 0 Å². The SMILES string of the molecule is CN(C)S(=O)(=O)Nc1ccc(C(=O)N[C@@H]2CCc3cc(Cl)ccc32)cc1. The van der Waals surface area contributed by atoms with Crippen LogP contribution in [0, 0.1) is 0 Å². The monoisotopic (exact) mass is 393 g/mol. The van der Waals surface area contributed by atoms with Crippen LogP contribution in [0.25, 0.3) is 0 Å². The van der Waals surface area contributed by atoms with Gasteiger partial charge in [0.25, 0.3) is 5.91 Å². The Morgan fingerprint density at radius 3 is 2.50 bits per heavy atom. The molecule has 2 N–H and O–H groups in total. The molecule has 3 rings (SSSR count). The Hall–Kier alpha value is -2.09. The molecule has 0 saturated heterocycles. The van der Waals surface area contributed by atoms with Crippen molar-refractivity contribution < 1.29 is 13.2 Å². The number of hydrogen-bond acceptors (Lipinski definition) is 3. The molecule has 0 unspecified atom stereocenters. The number of amides is 1. The van der Waals surface area contributed by atoms with Crippen LogP contribution in [0.2, 0.25) is 5.02 Å². The number of fused-ring (bicyclic) bond motifs is 1. The topological polar surface area (TPSA) is 78.5 Å². The molecule has 1 atom stereocenters. The first-order valence-corrected chi connectivity index (χ1v) is 9.97. The standard InChI is InChI=1S/C18H20ClN3O3S/c1-22(2)26(24,25)21-15-7-3-12(4-8-15)18(23)20-17-10-5-13-11-14(19)6-9-16(13)17/h3-4,6-9,11,17,21H,5,10H2,1-2H3,(H,20,23)/t17-/m1/s1. The van der Waals surface area contributed by atoms with Gasteiger partial charge in [0, 0.05) is 30.4 Å². The minimum atomic E-state index is -3.57. The third-order valence-electron chi connectivity index (χ3n) is 4.36. The van der Waals surface area contributed by atoms with Crippen molar-refractivity contribution in [2.45, 2.75) is 18.9 Å². The number of rotatable bonds is 5. The lowest BCUT2D eigenvalue weighted by Gasteiger charge is -2.15. The largest absolute Gasteiger partial charge is 0.345 e. The Bertz CT molecular complexity index is 927. The Kier molecular flexibility index (Phi) is 5.22. The summed E-state index contributed by atoms with van der Waals surface area (Å²) in [7, 11) is -0.686. The highest BCUT2D eigenvalue weighted by Gasteiger charge is 2.24. The predicted molar refractivity (Wildman–Crippen MR) is 103 cm³/mol. The van der Waals surface area contributed by atoms with Gasteiger partial charge in [0.15, 0.2) is 0 Å². The molecule has 1 aliphatic rings. The average Bonchev–Trinajstić information content (AvgIpc) is 2.97. The number of carbonyl (C=O) groups is 1. The normalized spacial score (nSPS) is 16.4. The van der Waals surface area contributed by atoms with E-state index in [-0.39, 0.29) is 11.9 Å². The maximum absolute atomic E-state index is 12.5. The third-order valence-corrected chi connectivity index (χ3v) is 6.05. The minimum Gasteiger partial charge on any atom is -0.345 e. The lowest BCUT2D eigenvalue weighted by molar-refractivity contribution is 0.0936. The van der Waals surface area contributed by atoms with Gasteiger partial charge in [0.1, 0.15) is 0 Å². The third kappa shape index (κ3) is 4.00. The van der Waals surface area contributed by atoms with E-state index in [0.717, 1.165) is 28.3 Å². The number of nitrogens with zero attached hydrogens (tertiary/aromatic N) is 1. The van der Waals surface area contributed by atoms with Gasteiger partial charge in [-0.15, -0.1) is 0 Å². The van der Waals surface area contributed by atoms with Gasteiger partial charge >= 0.3 is 10.2 Å². The molecule has 6 nitrogen and oxygen atoms in total. The molecule has 0 heterocycles. The van der Waals surface area contributed by atoms with Crippen LogP contribution in [-0.4, -0.2) is 32.7 Å². The summed E-state index contributed by atoms with van der Waals surface area (Å²) < 4.78 is 27.1. The molecule has 2 aromatic carbocycles. The fourth-order valence-corrected chi connectivity index (χ4v) is 3.72. The summed E-state index contributed by atoms with van der Waals surface area (Å²) >= 11 is 6.01. The number of nitrogens with one attached hydrogen (secondary N) is 2. The van der Waals surface area contributed by atoms with Crippen molar-refractivity contribution >= 4 is 33.4 Å². The van der Waals surface area contributed by atoms with Gasteiger partial charge < -0.3 is 5.32 Å². The fourth-order valence-electron chi connectivity index (χ4n) is 2.91. The van der Waals surface area contributed by atoms with E-state index in [9.17, 15) is 13.2 Å². The van der Waals surface area contributed by atoms with Crippen LogP contribution >= 0.6 is 11.6 Å². The Balaban J connectivity index is 1.68. The molecule has 0 radical (unpaired) electrons. The number of halogens is 1. The van der Waals surface area contributed by atoms with Crippen molar-refractivity contribution in [1.29, 1.82) is 0 Å². The van der Waals surface area contributed by atoms with E-state index in [4.69, 9.17) is 11.6 Å². The molecule has 0 saturated carbocycles. The van der Waals surface area contributed by atoms with Gasteiger partial charge in [-0.2, -0.15) is 12.7 Å². The highest BCUT2D eigenvalue weighted by atomic mass is 35.5. The molecule has 1 aliphatic carbocycles. The van der Waals surface area contributed by atoms with Gasteiger partial charge in [0.05, 0.1) is 6.04 Å². The van der Waals surface area contributed by atoms with E-state index in [1.54, 1.807) is 24.3 Å². The zero-order chi connectivity index (χ0) is 18.9. The van der Waals surface area contributed by atoms with E-state index >= 15 is 0 Å². The summed E-state index contributed by atoms with van der Waals surface area (Å²) in [6.45, 7) is 0. The molecule has 0 spiro atoms. The van der Waals surface area contributed by atoms with Crippen LogP contribution in [0.5, 0.6) is 0 Å². The zero-order valence-electron chi connectivity index (χ0n) is 14.5. The summed E-state index contributed by atoms with van der Waals surface area (Å²) in [4.78, 5) is 12.5. The number of hydrogen-bond donors (Lipinski definition) is 2. The van der Waals surface area contributed by atoms with Crippen molar-refractivity contribution in [2.75, 3.05) is 18.8 Å². The first-order valence-electron chi connectivity index (χ1n) is 8.16. The van der Waals surface area contributed by atoms with Crippen LogP contribution in [0.1, 0.15) is 33.9 Å². The lowest BCUT2D eigenvalue weighted by atomic mass is 10.1. The number of carbonyl (C=O) groups excluding carboxylic acids is 1. The summed E-state index contributed by atoms with van der Waals surface area (Å²) in [5.74, 6) is -0.195. The molecule has 8 heteroatoms. The van der Waals surface area contributed by atoms with Gasteiger partial charge in [0.2, 0.25) is 0 Å². The zero-order valence-corrected chi connectivity index (χ0v) is 16.1. The summed E-state index contributed by atoms with van der Waals surface area (Å²) in [5.41, 5.74) is 3.13. The first-order chi connectivity index (χ1) is 12.3. The molecule has 0 aliphatic heterocycles. The van der Waals surface area contributed by atoms with E-state index in [2.05, 4.69) is 10.0 Å². The van der Waals surface area contributed by atoms with E-state index in [1.807, 2.05) is 18.2 Å². The molecule has 2 aromatic rings. The molecular formula is C18H20ClN3O3S. The van der Waals surface area contributed by atoms with Crippen LogP contribution in [0.15, 0.2) is 42.5 Å². The van der Waals surface area contributed by atoms with Crippen LogP contribution in [0.4, 0.5) is 5.69 Å². The molecule has 0 aromatic heterocycles. The number of aryl methyl sites for hydroxylation is 1. The first kappa shape index (κ1) is 18.7. The molecule has 138 valence electrons. The van der Waals surface area contributed by atoms with E-state index in [0.29, 0.717) is 16.3 Å². The van der Waals surface area contributed by atoms with Crippen molar-refractivity contribution in [2.24, 2.45) is 0 Å². The predicted octanol–water partition coefficient (Wildman–Crippen LogP) is 2.98. The molecule has 0 fully saturated rings. The van der Waals surface area contributed by atoms with Crippen LogP contribution < -0.4 is 10.0 Å². The number of anilines is 1.